The number of carbonyl (C=O) groups is 1. The molecule has 5 rings (SSSR count). The molecule has 1 unspecified atom stereocenters. The highest BCUT2D eigenvalue weighted by Crippen LogP contribution is 2.32. The molecule has 1 aromatic carbocycles. The van der Waals surface area contributed by atoms with Gasteiger partial charge in [-0.25, -0.2) is 32.9 Å². The Kier molecular flexibility index (Phi) is 8.23. The third-order valence-corrected chi connectivity index (χ3v) is 8.09. The van der Waals surface area contributed by atoms with Crippen LogP contribution in [0.25, 0.3) is 16.8 Å². The van der Waals surface area contributed by atoms with Crippen molar-refractivity contribution in [2.24, 2.45) is 15.0 Å². The van der Waals surface area contributed by atoms with Gasteiger partial charge in [0.2, 0.25) is 0 Å². The van der Waals surface area contributed by atoms with Gasteiger partial charge in [-0.05, 0) is 50.3 Å². The summed E-state index contributed by atoms with van der Waals surface area (Å²) in [6.45, 7) is 2.71. The highest BCUT2D eigenvalue weighted by atomic mass is 32.2. The van der Waals surface area contributed by atoms with Crippen molar-refractivity contribution >= 4 is 51.4 Å². The Labute approximate surface area is 246 Å². The van der Waals surface area contributed by atoms with Crippen LogP contribution >= 0.6 is 12.2 Å². The standard InChI is InChI=1S/C19H16F3N3O4.C6H6N4O2S2/c1-10-16(8-24(9-26)23-10)14-7-15(18(28)29)17(27)25(11(14)2)13-5-3-4-12(6-13)19(20,21)22;1-14(11,12)6-4(8-3-9-6)2-7-5(13)10-6/h3-8,26H,9H2,1-2H3,(H,28,29);2-3H,1H3,(H,10,13). The van der Waals surface area contributed by atoms with E-state index in [9.17, 15) is 41.4 Å². The van der Waals surface area contributed by atoms with E-state index in [-0.39, 0.29) is 22.2 Å². The lowest BCUT2D eigenvalue weighted by Gasteiger charge is -2.28. The van der Waals surface area contributed by atoms with Crippen molar-refractivity contribution in [3.8, 4) is 16.8 Å². The number of carboxylic acid groups (broad SMARTS) is 1. The number of benzene rings is 1. The van der Waals surface area contributed by atoms with Crippen LogP contribution in [0.15, 0.2) is 56.3 Å². The van der Waals surface area contributed by atoms with Crippen molar-refractivity contribution in [1.82, 2.24) is 19.7 Å². The van der Waals surface area contributed by atoms with Crippen LogP contribution < -0.4 is 10.9 Å². The Bertz CT molecular complexity index is 1910. The van der Waals surface area contributed by atoms with E-state index in [4.69, 9.17) is 12.2 Å². The molecular formula is C25H22F3N7O6S2. The van der Waals surface area contributed by atoms with E-state index in [1.165, 1.54) is 36.4 Å². The quantitative estimate of drug-likeness (QED) is 0.353. The van der Waals surface area contributed by atoms with E-state index in [0.717, 1.165) is 35.1 Å². The SMILES string of the molecule is CS(=O)(=O)C12N=CN=C1C=NC(=S)N2.Cc1nn(CO)cc1-c1cc(C(=O)O)c(=O)n(-c2cccc(C(F)(F)F)c2)c1C. The van der Waals surface area contributed by atoms with Gasteiger partial charge in [-0.3, -0.25) is 9.36 Å². The van der Waals surface area contributed by atoms with Crippen LogP contribution in [0.2, 0.25) is 0 Å². The van der Waals surface area contributed by atoms with Crippen LogP contribution in [0.3, 0.4) is 0 Å². The molecule has 4 heterocycles. The summed E-state index contributed by atoms with van der Waals surface area (Å²) in [5.74, 6) is -1.51. The number of aliphatic hydroxyl groups is 1. The van der Waals surface area contributed by atoms with Crippen LogP contribution in [0, 0.1) is 13.8 Å². The first-order valence-electron chi connectivity index (χ1n) is 12.0. The molecule has 1 atom stereocenters. The molecule has 226 valence electrons. The number of aliphatic hydroxyl groups excluding tert-OH is 1. The fraction of sp³-hybridized carbons (Fsp3) is 0.240. The fourth-order valence-corrected chi connectivity index (χ4v) is 5.61. The zero-order valence-electron chi connectivity index (χ0n) is 22.5. The Morgan fingerprint density at radius 1 is 1.19 bits per heavy atom. The summed E-state index contributed by atoms with van der Waals surface area (Å²) < 4.78 is 64.6. The van der Waals surface area contributed by atoms with E-state index >= 15 is 0 Å². The Morgan fingerprint density at radius 3 is 2.47 bits per heavy atom. The second-order valence-corrected chi connectivity index (χ2v) is 11.7. The number of hydrogen-bond acceptors (Lipinski definition) is 9. The third-order valence-electron chi connectivity index (χ3n) is 6.39. The highest BCUT2D eigenvalue weighted by Gasteiger charge is 2.49. The summed E-state index contributed by atoms with van der Waals surface area (Å²) in [7, 11) is -3.48. The average molecular weight is 638 g/mol. The molecule has 0 radical (unpaired) electrons. The molecule has 0 saturated carbocycles. The lowest BCUT2D eigenvalue weighted by atomic mass is 10.0. The van der Waals surface area contributed by atoms with E-state index in [1.54, 1.807) is 6.92 Å². The lowest BCUT2D eigenvalue weighted by molar-refractivity contribution is -0.137. The Morgan fingerprint density at radius 2 is 1.88 bits per heavy atom. The van der Waals surface area contributed by atoms with Gasteiger partial charge < -0.3 is 15.5 Å². The summed E-state index contributed by atoms with van der Waals surface area (Å²) in [4.78, 5) is 34.2. The van der Waals surface area contributed by atoms with E-state index in [0.29, 0.717) is 16.8 Å². The molecule has 2 aliphatic rings. The maximum atomic E-state index is 13.1. The first kappa shape index (κ1) is 31.4. The van der Waals surface area contributed by atoms with Crippen LogP contribution in [-0.4, -0.2) is 73.6 Å². The number of halogens is 3. The number of fused-ring (bicyclic) bond motifs is 1. The summed E-state index contributed by atoms with van der Waals surface area (Å²) in [6, 6.07) is 5.25. The molecule has 43 heavy (non-hydrogen) atoms. The number of nitrogens with one attached hydrogen (secondary N) is 1. The van der Waals surface area contributed by atoms with Gasteiger partial charge in [-0.1, -0.05) is 6.07 Å². The van der Waals surface area contributed by atoms with Gasteiger partial charge in [0.25, 0.3) is 10.6 Å². The predicted octanol–water partition coefficient (Wildman–Crippen LogP) is 2.11. The summed E-state index contributed by atoms with van der Waals surface area (Å²) in [5, 5.41) is 25.4. The maximum absolute atomic E-state index is 13.1. The number of hydrogen-bond donors (Lipinski definition) is 3. The minimum atomic E-state index is -4.63. The van der Waals surface area contributed by atoms with Crippen LogP contribution in [0.4, 0.5) is 13.2 Å². The smallest absolute Gasteiger partial charge is 0.416 e. The van der Waals surface area contributed by atoms with Crippen molar-refractivity contribution in [3.63, 3.8) is 0 Å². The van der Waals surface area contributed by atoms with E-state index in [2.05, 4.69) is 25.4 Å². The minimum absolute atomic E-state index is 0.0911. The number of sulfone groups is 1. The van der Waals surface area contributed by atoms with E-state index in [1.807, 2.05) is 0 Å². The van der Waals surface area contributed by atoms with Gasteiger partial charge >= 0.3 is 12.1 Å². The Balaban J connectivity index is 0.000000251. The van der Waals surface area contributed by atoms with Gasteiger partial charge in [0.05, 0.1) is 17.5 Å². The molecule has 2 aromatic heterocycles. The molecule has 3 N–H and O–H groups in total. The number of pyridine rings is 1. The molecule has 3 aromatic rings. The number of alkyl halides is 3. The van der Waals surface area contributed by atoms with Gasteiger partial charge in [-0.2, -0.15) is 18.3 Å². The highest BCUT2D eigenvalue weighted by molar-refractivity contribution is 7.93. The molecule has 0 aliphatic carbocycles. The first-order chi connectivity index (χ1) is 20.0. The average Bonchev–Trinajstić information content (AvgIpc) is 3.52. The molecular weight excluding hydrogens is 615 g/mol. The van der Waals surface area contributed by atoms with Gasteiger partial charge in [-0.15, -0.1) is 0 Å². The molecule has 0 bridgehead atoms. The van der Waals surface area contributed by atoms with Crippen molar-refractivity contribution < 1.29 is 36.6 Å². The monoisotopic (exact) mass is 637 g/mol. The van der Waals surface area contributed by atoms with E-state index < -0.39 is 50.4 Å². The number of thiocarbonyl (C=S) groups is 1. The first-order valence-corrected chi connectivity index (χ1v) is 14.3. The normalized spacial score (nSPS) is 17.6. The topological polar surface area (TPSA) is 181 Å². The second kappa shape index (κ2) is 11.3. The van der Waals surface area contributed by atoms with Crippen molar-refractivity contribution in [2.45, 2.75) is 31.7 Å². The number of aromatic nitrogens is 3. The zero-order chi connectivity index (χ0) is 31.9. The zero-order valence-corrected chi connectivity index (χ0v) is 24.1. The minimum Gasteiger partial charge on any atom is -0.477 e. The van der Waals surface area contributed by atoms with Crippen LogP contribution in [0.1, 0.15) is 27.3 Å². The maximum Gasteiger partial charge on any atom is 0.416 e. The molecule has 0 spiro atoms. The third kappa shape index (κ3) is 5.88. The molecule has 2 aliphatic heterocycles. The van der Waals surface area contributed by atoms with Crippen molar-refractivity contribution in [3.05, 3.63) is 69.4 Å². The number of aromatic carboxylic acids is 1. The van der Waals surface area contributed by atoms with Crippen molar-refractivity contribution in [2.75, 3.05) is 6.26 Å². The number of carboxylic acids is 1. The van der Waals surface area contributed by atoms with Crippen LogP contribution in [-0.2, 0) is 22.7 Å². The van der Waals surface area contributed by atoms with Gasteiger partial charge in [0.1, 0.15) is 24.3 Å². The number of rotatable bonds is 5. The predicted molar refractivity (Wildman–Crippen MR) is 155 cm³/mol. The number of aliphatic imine (C=N–C) groups is 3. The van der Waals surface area contributed by atoms with Gasteiger partial charge in [0, 0.05) is 35.0 Å². The second-order valence-electron chi connectivity index (χ2n) is 9.22. The molecule has 0 fully saturated rings. The number of aryl methyl sites for hydroxylation is 1. The molecule has 0 amide bonds. The fourth-order valence-electron chi connectivity index (χ4n) is 4.34. The largest absolute Gasteiger partial charge is 0.477 e. The molecule has 18 heteroatoms. The molecule has 13 nitrogen and oxygen atoms in total. The summed E-state index contributed by atoms with van der Waals surface area (Å²) in [6.07, 6.45) is 0.403. The summed E-state index contributed by atoms with van der Waals surface area (Å²) >= 11 is 4.77. The molecule has 0 saturated heterocycles. The lowest BCUT2D eigenvalue weighted by Crippen LogP contribution is -2.59. The summed E-state index contributed by atoms with van der Waals surface area (Å²) in [5.41, 5.74) is -0.950. The van der Waals surface area contributed by atoms with Crippen LogP contribution in [0.5, 0.6) is 0 Å². The van der Waals surface area contributed by atoms with Gasteiger partial charge in [0.15, 0.2) is 14.9 Å². The number of nitrogens with zero attached hydrogens (tertiary/aromatic N) is 6. The Hall–Kier alpha value is -4.55. The van der Waals surface area contributed by atoms with Crippen molar-refractivity contribution in [1.29, 1.82) is 0 Å².